The molecule has 33 heavy (non-hydrogen) atoms. The summed E-state index contributed by atoms with van der Waals surface area (Å²) in [5, 5.41) is 4.33. The average Bonchev–Trinajstić information content (AvgIpc) is 2.89. The van der Waals surface area contributed by atoms with Crippen LogP contribution in [0.5, 0.6) is 17.2 Å². The molecule has 12 nitrogen and oxygen atoms in total. The Labute approximate surface area is 192 Å². The Morgan fingerprint density at radius 2 is 1.39 bits per heavy atom. The smallest absolute Gasteiger partial charge is 0.250 e. The Kier molecular flexibility index (Phi) is 7.58. The summed E-state index contributed by atoms with van der Waals surface area (Å²) >= 11 is 0. The molecule has 0 bridgehead atoms. The summed E-state index contributed by atoms with van der Waals surface area (Å²) in [6.07, 6.45) is 1.62. The molecule has 4 rings (SSSR count). The van der Waals surface area contributed by atoms with Crippen molar-refractivity contribution in [3.8, 4) is 17.2 Å². The minimum Gasteiger partial charge on any atom is -0.493 e. The highest BCUT2D eigenvalue weighted by molar-refractivity contribution is 5.86. The van der Waals surface area contributed by atoms with Crippen molar-refractivity contribution in [2.75, 3.05) is 89.2 Å². The van der Waals surface area contributed by atoms with Crippen molar-refractivity contribution in [1.29, 1.82) is 0 Å². The summed E-state index contributed by atoms with van der Waals surface area (Å²) in [6, 6.07) is 3.62. The van der Waals surface area contributed by atoms with Gasteiger partial charge in [0.2, 0.25) is 23.6 Å². The number of ether oxygens (including phenoxy) is 5. The highest BCUT2D eigenvalue weighted by Gasteiger charge is 2.21. The fourth-order valence-electron chi connectivity index (χ4n) is 3.60. The van der Waals surface area contributed by atoms with Crippen molar-refractivity contribution in [2.45, 2.75) is 0 Å². The van der Waals surface area contributed by atoms with Crippen molar-refractivity contribution in [2.24, 2.45) is 5.10 Å². The minimum atomic E-state index is 0.351. The van der Waals surface area contributed by atoms with Gasteiger partial charge >= 0.3 is 0 Å². The van der Waals surface area contributed by atoms with Crippen molar-refractivity contribution in [3.63, 3.8) is 0 Å². The quantitative estimate of drug-likeness (QED) is 0.450. The van der Waals surface area contributed by atoms with E-state index in [1.54, 1.807) is 33.6 Å². The zero-order valence-electron chi connectivity index (χ0n) is 19.1. The van der Waals surface area contributed by atoms with Crippen LogP contribution < -0.4 is 29.4 Å². The molecular weight excluding hydrogens is 430 g/mol. The maximum Gasteiger partial charge on any atom is 0.250 e. The molecule has 0 unspecified atom stereocenters. The van der Waals surface area contributed by atoms with Crippen LogP contribution in [0, 0.1) is 0 Å². The van der Waals surface area contributed by atoms with Crippen LogP contribution in [0.15, 0.2) is 17.2 Å². The lowest BCUT2D eigenvalue weighted by atomic mass is 10.2. The van der Waals surface area contributed by atoms with Crippen molar-refractivity contribution in [1.82, 2.24) is 15.0 Å². The van der Waals surface area contributed by atoms with Gasteiger partial charge in [0.15, 0.2) is 11.5 Å². The van der Waals surface area contributed by atoms with Crippen LogP contribution in [0.4, 0.5) is 17.8 Å². The number of hydrazone groups is 1. The number of hydrogen-bond acceptors (Lipinski definition) is 12. The van der Waals surface area contributed by atoms with Crippen LogP contribution in [0.3, 0.4) is 0 Å². The molecule has 2 saturated heterocycles. The monoisotopic (exact) mass is 459 g/mol. The third-order valence-corrected chi connectivity index (χ3v) is 5.30. The van der Waals surface area contributed by atoms with Crippen LogP contribution in [-0.2, 0) is 9.47 Å². The first kappa shape index (κ1) is 22.8. The molecule has 0 amide bonds. The molecule has 0 aliphatic carbocycles. The third-order valence-electron chi connectivity index (χ3n) is 5.30. The molecule has 2 aliphatic heterocycles. The molecule has 1 aromatic carbocycles. The molecule has 1 aromatic heterocycles. The molecule has 0 atom stereocenters. The first-order chi connectivity index (χ1) is 16.2. The summed E-state index contributed by atoms with van der Waals surface area (Å²) in [4.78, 5) is 18.0. The van der Waals surface area contributed by atoms with Gasteiger partial charge in [0.25, 0.3) is 0 Å². The van der Waals surface area contributed by atoms with Gasteiger partial charge in [-0.15, -0.1) is 0 Å². The molecular formula is C21H29N7O5. The molecule has 2 fully saturated rings. The maximum absolute atomic E-state index is 5.51. The zero-order valence-corrected chi connectivity index (χ0v) is 19.1. The van der Waals surface area contributed by atoms with Gasteiger partial charge in [-0.1, -0.05) is 0 Å². The number of rotatable bonds is 8. The lowest BCUT2D eigenvalue weighted by Gasteiger charge is -2.30. The van der Waals surface area contributed by atoms with Gasteiger partial charge in [0.1, 0.15) is 0 Å². The highest BCUT2D eigenvalue weighted by Crippen LogP contribution is 2.39. The second-order valence-electron chi connectivity index (χ2n) is 7.25. The van der Waals surface area contributed by atoms with Gasteiger partial charge in [-0.05, 0) is 12.1 Å². The lowest BCUT2D eigenvalue weighted by molar-refractivity contribution is 0.121. The van der Waals surface area contributed by atoms with E-state index in [9.17, 15) is 0 Å². The van der Waals surface area contributed by atoms with Crippen molar-refractivity contribution in [3.05, 3.63) is 17.7 Å². The number of anilines is 3. The van der Waals surface area contributed by atoms with Gasteiger partial charge in [-0.25, -0.2) is 5.43 Å². The Balaban J connectivity index is 1.58. The van der Waals surface area contributed by atoms with Gasteiger partial charge in [-0.2, -0.15) is 20.1 Å². The average molecular weight is 460 g/mol. The van der Waals surface area contributed by atoms with E-state index in [2.05, 4.69) is 30.3 Å². The minimum absolute atomic E-state index is 0.351. The number of hydrogen-bond donors (Lipinski definition) is 1. The normalized spacial score (nSPS) is 16.7. The van der Waals surface area contributed by atoms with Crippen LogP contribution in [0.25, 0.3) is 0 Å². The fraction of sp³-hybridized carbons (Fsp3) is 0.524. The standard InChI is InChI=1S/C21H29N7O5/c1-29-16-5-4-15(17(30-2)18(16)31-3)14-22-26-19-23-20(27-6-10-32-11-7-27)25-21(24-19)28-8-12-33-13-9-28/h4-5,14H,6-13H2,1-3H3,(H,23,24,25,26)/b22-14+. The van der Waals surface area contributed by atoms with Crippen LogP contribution in [-0.4, -0.2) is 95.1 Å². The highest BCUT2D eigenvalue weighted by atomic mass is 16.5. The molecule has 0 radical (unpaired) electrons. The topological polar surface area (TPSA) is 116 Å². The van der Waals surface area contributed by atoms with E-state index < -0.39 is 0 Å². The third kappa shape index (κ3) is 5.34. The number of nitrogens with zero attached hydrogens (tertiary/aromatic N) is 6. The Morgan fingerprint density at radius 3 is 1.91 bits per heavy atom. The van der Waals surface area contributed by atoms with Gasteiger partial charge < -0.3 is 33.5 Å². The Morgan fingerprint density at radius 1 is 0.818 bits per heavy atom. The second-order valence-corrected chi connectivity index (χ2v) is 7.25. The summed E-state index contributed by atoms with van der Waals surface area (Å²) < 4.78 is 27.2. The van der Waals surface area contributed by atoms with E-state index in [1.165, 1.54) is 0 Å². The van der Waals surface area contributed by atoms with Crippen molar-refractivity contribution < 1.29 is 23.7 Å². The number of methoxy groups -OCH3 is 3. The van der Waals surface area contributed by atoms with Crippen molar-refractivity contribution >= 4 is 24.1 Å². The number of aromatic nitrogens is 3. The number of morpholine rings is 2. The van der Waals surface area contributed by atoms with Crippen LogP contribution in [0.1, 0.15) is 5.56 Å². The van der Waals surface area contributed by atoms with E-state index in [0.29, 0.717) is 67.1 Å². The lowest BCUT2D eigenvalue weighted by Crippen LogP contribution is -2.40. The summed E-state index contributed by atoms with van der Waals surface area (Å²) in [6.45, 7) is 5.43. The molecule has 3 heterocycles. The van der Waals surface area contributed by atoms with Crippen LogP contribution >= 0.6 is 0 Å². The predicted molar refractivity (Wildman–Crippen MR) is 123 cm³/mol. The molecule has 12 heteroatoms. The number of nitrogens with one attached hydrogen (secondary N) is 1. The SMILES string of the molecule is COc1ccc(/C=N/Nc2nc(N3CCOCC3)nc(N3CCOCC3)n2)c(OC)c1OC. The Bertz CT molecular complexity index is 926. The van der Waals surface area contributed by atoms with E-state index in [4.69, 9.17) is 28.7 Å². The second kappa shape index (κ2) is 11.0. The van der Waals surface area contributed by atoms with Gasteiger partial charge in [0.05, 0.1) is 54.0 Å². The molecule has 1 N–H and O–H groups in total. The Hall–Kier alpha value is -3.38. The van der Waals surface area contributed by atoms with E-state index >= 15 is 0 Å². The van der Waals surface area contributed by atoms with E-state index in [0.717, 1.165) is 26.2 Å². The molecule has 2 aliphatic rings. The molecule has 2 aromatic rings. The molecule has 0 saturated carbocycles. The fourth-order valence-corrected chi connectivity index (χ4v) is 3.60. The molecule has 0 spiro atoms. The predicted octanol–water partition coefficient (Wildman–Crippen LogP) is 1.02. The molecule has 178 valence electrons. The first-order valence-electron chi connectivity index (χ1n) is 10.7. The summed E-state index contributed by atoms with van der Waals surface area (Å²) in [7, 11) is 4.70. The van der Waals surface area contributed by atoms with E-state index in [1.807, 2.05) is 6.07 Å². The van der Waals surface area contributed by atoms with E-state index in [-0.39, 0.29) is 0 Å². The van der Waals surface area contributed by atoms with Gasteiger partial charge in [0, 0.05) is 31.7 Å². The van der Waals surface area contributed by atoms with Gasteiger partial charge in [-0.3, -0.25) is 0 Å². The summed E-state index contributed by atoms with van der Waals surface area (Å²) in [5.41, 5.74) is 3.64. The summed E-state index contributed by atoms with van der Waals surface area (Å²) in [5.74, 6) is 3.12. The largest absolute Gasteiger partial charge is 0.493 e. The first-order valence-corrected chi connectivity index (χ1v) is 10.7. The van der Waals surface area contributed by atoms with Crippen LogP contribution in [0.2, 0.25) is 0 Å². The number of benzene rings is 1. The zero-order chi connectivity index (χ0) is 23.0. The maximum atomic E-state index is 5.51.